The molecule has 0 heterocycles. The van der Waals surface area contributed by atoms with Gasteiger partial charge in [0.15, 0.2) is 0 Å². The van der Waals surface area contributed by atoms with E-state index in [1.54, 1.807) is 19.9 Å². The van der Waals surface area contributed by atoms with Crippen molar-refractivity contribution >= 4 is 17.3 Å². The van der Waals surface area contributed by atoms with Crippen LogP contribution in [0, 0.1) is 10.1 Å². The van der Waals surface area contributed by atoms with Gasteiger partial charge in [-0.3, -0.25) is 14.9 Å². The molecule has 0 spiro atoms. The Labute approximate surface area is 117 Å². The van der Waals surface area contributed by atoms with Crippen molar-refractivity contribution in [2.45, 2.75) is 26.8 Å². The highest BCUT2D eigenvalue weighted by molar-refractivity contribution is 5.84. The van der Waals surface area contributed by atoms with Crippen LogP contribution < -0.4 is 15.4 Å². The van der Waals surface area contributed by atoms with Crippen LogP contribution in [0.2, 0.25) is 0 Å². The molecule has 1 unspecified atom stereocenters. The molecular weight excluding hydrogens is 262 g/mol. The van der Waals surface area contributed by atoms with Gasteiger partial charge < -0.3 is 15.4 Å². The lowest BCUT2D eigenvalue weighted by atomic mass is 10.2. The number of nitrogens with one attached hydrogen (secondary N) is 2. The number of benzene rings is 1. The molecule has 0 aromatic heterocycles. The molecule has 0 aliphatic rings. The molecule has 0 bridgehead atoms. The number of hydrogen-bond acceptors (Lipinski definition) is 5. The number of hydrogen-bond donors (Lipinski definition) is 2. The average Bonchev–Trinajstić information content (AvgIpc) is 2.39. The minimum atomic E-state index is -0.496. The molecule has 0 fully saturated rings. The molecule has 0 radical (unpaired) electrons. The van der Waals surface area contributed by atoms with Crippen LogP contribution in [0.5, 0.6) is 5.75 Å². The molecule has 2 N–H and O–H groups in total. The summed E-state index contributed by atoms with van der Waals surface area (Å²) in [6.45, 7) is 6.25. The topological polar surface area (TPSA) is 93.5 Å². The van der Waals surface area contributed by atoms with E-state index in [1.807, 2.05) is 6.92 Å². The van der Waals surface area contributed by atoms with Gasteiger partial charge in [0, 0.05) is 24.4 Å². The number of non-ortho nitro benzene ring substituents is 1. The van der Waals surface area contributed by atoms with E-state index in [1.165, 1.54) is 12.1 Å². The van der Waals surface area contributed by atoms with Crippen molar-refractivity contribution in [3.05, 3.63) is 28.3 Å². The largest absolute Gasteiger partial charge is 0.494 e. The van der Waals surface area contributed by atoms with Crippen LogP contribution in [-0.4, -0.2) is 30.0 Å². The minimum absolute atomic E-state index is 0.0819. The molecular formula is C13H19N3O4. The Morgan fingerprint density at radius 3 is 2.65 bits per heavy atom. The van der Waals surface area contributed by atoms with Gasteiger partial charge >= 0.3 is 0 Å². The van der Waals surface area contributed by atoms with Gasteiger partial charge in [-0.2, -0.15) is 0 Å². The predicted octanol–water partition coefficient (Wildman–Crippen LogP) is 1.93. The van der Waals surface area contributed by atoms with Gasteiger partial charge in [0.25, 0.3) is 5.69 Å². The highest BCUT2D eigenvalue weighted by Gasteiger charge is 2.15. The number of amides is 1. The highest BCUT2D eigenvalue weighted by Crippen LogP contribution is 2.26. The van der Waals surface area contributed by atoms with Crippen LogP contribution in [0.3, 0.4) is 0 Å². The van der Waals surface area contributed by atoms with E-state index in [4.69, 9.17) is 4.74 Å². The Hall–Kier alpha value is -2.31. The number of nitro groups is 1. The number of rotatable bonds is 7. The summed E-state index contributed by atoms with van der Waals surface area (Å²) in [7, 11) is 0. The van der Waals surface area contributed by atoms with Gasteiger partial charge in [0.2, 0.25) is 5.91 Å². The van der Waals surface area contributed by atoms with Crippen LogP contribution in [0.1, 0.15) is 20.8 Å². The van der Waals surface area contributed by atoms with Crippen LogP contribution >= 0.6 is 0 Å². The summed E-state index contributed by atoms with van der Waals surface area (Å²) in [6.07, 6.45) is 0. The van der Waals surface area contributed by atoms with E-state index < -0.39 is 11.0 Å². The highest BCUT2D eigenvalue weighted by atomic mass is 16.6. The van der Waals surface area contributed by atoms with E-state index in [2.05, 4.69) is 10.6 Å². The normalized spacial score (nSPS) is 11.6. The fourth-order valence-corrected chi connectivity index (χ4v) is 1.66. The first-order chi connectivity index (χ1) is 9.47. The second kappa shape index (κ2) is 7.32. The van der Waals surface area contributed by atoms with Crippen molar-refractivity contribution in [2.75, 3.05) is 18.5 Å². The molecule has 0 aliphatic heterocycles. The number of ether oxygens (including phenoxy) is 1. The zero-order chi connectivity index (χ0) is 15.1. The van der Waals surface area contributed by atoms with Gasteiger partial charge in [0.05, 0.1) is 17.6 Å². The average molecular weight is 281 g/mol. The van der Waals surface area contributed by atoms with E-state index in [-0.39, 0.29) is 11.6 Å². The van der Waals surface area contributed by atoms with Crippen LogP contribution in [0.25, 0.3) is 0 Å². The van der Waals surface area contributed by atoms with Gasteiger partial charge in [0.1, 0.15) is 11.8 Å². The van der Waals surface area contributed by atoms with E-state index in [0.29, 0.717) is 24.6 Å². The van der Waals surface area contributed by atoms with E-state index in [0.717, 1.165) is 0 Å². The molecule has 0 saturated carbocycles. The SMILES string of the molecule is CCNC(=O)C(C)Nc1cc(OCC)cc([N+](=O)[O-])c1. The maximum atomic E-state index is 11.6. The minimum Gasteiger partial charge on any atom is -0.494 e. The van der Waals surface area contributed by atoms with Gasteiger partial charge in [-0.15, -0.1) is 0 Å². The number of likely N-dealkylation sites (N-methyl/N-ethyl adjacent to an activating group) is 1. The van der Waals surface area contributed by atoms with Crippen molar-refractivity contribution in [2.24, 2.45) is 0 Å². The molecule has 0 aliphatic carbocycles. The quantitative estimate of drug-likeness (QED) is 0.588. The fourth-order valence-electron chi connectivity index (χ4n) is 1.66. The number of anilines is 1. The third-order valence-corrected chi connectivity index (χ3v) is 2.54. The van der Waals surface area contributed by atoms with Gasteiger partial charge in [-0.25, -0.2) is 0 Å². The third kappa shape index (κ3) is 4.42. The van der Waals surface area contributed by atoms with E-state index in [9.17, 15) is 14.9 Å². The molecule has 7 nitrogen and oxygen atoms in total. The van der Waals surface area contributed by atoms with E-state index >= 15 is 0 Å². The lowest BCUT2D eigenvalue weighted by Gasteiger charge is -2.15. The number of nitrogens with zero attached hydrogens (tertiary/aromatic N) is 1. The molecule has 1 rings (SSSR count). The second-order valence-corrected chi connectivity index (χ2v) is 4.17. The summed E-state index contributed by atoms with van der Waals surface area (Å²) in [5.41, 5.74) is 0.392. The standard InChI is InChI=1S/C13H19N3O4/c1-4-14-13(17)9(3)15-10-6-11(16(18)19)8-12(7-10)20-5-2/h6-9,15H,4-5H2,1-3H3,(H,14,17). The first-order valence-electron chi connectivity index (χ1n) is 6.44. The summed E-state index contributed by atoms with van der Waals surface area (Å²) < 4.78 is 5.28. The van der Waals surface area contributed by atoms with Crippen LogP contribution in [0.4, 0.5) is 11.4 Å². The Bertz CT molecular complexity index is 491. The Kier molecular flexibility index (Phi) is 5.76. The first kappa shape index (κ1) is 15.7. The van der Waals surface area contributed by atoms with Crippen molar-refractivity contribution in [3.63, 3.8) is 0 Å². The number of nitro benzene ring substituents is 1. The molecule has 20 heavy (non-hydrogen) atoms. The fraction of sp³-hybridized carbons (Fsp3) is 0.462. The van der Waals surface area contributed by atoms with Crippen molar-refractivity contribution in [1.82, 2.24) is 5.32 Å². The maximum Gasteiger partial charge on any atom is 0.275 e. The Balaban J connectivity index is 2.93. The molecule has 0 saturated heterocycles. The monoisotopic (exact) mass is 281 g/mol. The molecule has 1 amide bonds. The number of carbonyl (C=O) groups excluding carboxylic acids is 1. The Morgan fingerprint density at radius 1 is 1.40 bits per heavy atom. The van der Waals surface area contributed by atoms with Crippen molar-refractivity contribution in [3.8, 4) is 5.75 Å². The van der Waals surface area contributed by atoms with Crippen molar-refractivity contribution in [1.29, 1.82) is 0 Å². The van der Waals surface area contributed by atoms with Gasteiger partial charge in [-0.05, 0) is 20.8 Å². The lowest BCUT2D eigenvalue weighted by Crippen LogP contribution is -2.37. The zero-order valence-electron chi connectivity index (χ0n) is 11.8. The van der Waals surface area contributed by atoms with Gasteiger partial charge in [-0.1, -0.05) is 0 Å². The zero-order valence-corrected chi connectivity index (χ0v) is 11.8. The molecule has 1 aromatic carbocycles. The summed E-state index contributed by atoms with van der Waals surface area (Å²) in [5, 5.41) is 16.5. The third-order valence-electron chi connectivity index (χ3n) is 2.54. The van der Waals surface area contributed by atoms with Crippen LogP contribution in [-0.2, 0) is 4.79 Å². The van der Waals surface area contributed by atoms with Crippen LogP contribution in [0.15, 0.2) is 18.2 Å². The summed E-state index contributed by atoms with van der Waals surface area (Å²) in [6, 6.07) is 3.86. The lowest BCUT2D eigenvalue weighted by molar-refractivity contribution is -0.384. The second-order valence-electron chi connectivity index (χ2n) is 4.17. The first-order valence-corrected chi connectivity index (χ1v) is 6.44. The predicted molar refractivity (Wildman–Crippen MR) is 76.0 cm³/mol. The molecule has 110 valence electrons. The summed E-state index contributed by atoms with van der Waals surface area (Å²) in [5.74, 6) is 0.226. The Morgan fingerprint density at radius 2 is 2.10 bits per heavy atom. The van der Waals surface area contributed by atoms with Crippen molar-refractivity contribution < 1.29 is 14.5 Å². The molecule has 7 heteroatoms. The smallest absolute Gasteiger partial charge is 0.275 e. The number of carbonyl (C=O) groups is 1. The molecule has 1 aromatic rings. The summed E-state index contributed by atoms with van der Waals surface area (Å²) >= 11 is 0. The summed E-state index contributed by atoms with van der Waals surface area (Å²) in [4.78, 5) is 22.0. The maximum absolute atomic E-state index is 11.6. The molecule has 1 atom stereocenters.